The van der Waals surface area contributed by atoms with E-state index in [0.717, 1.165) is 3.57 Å². The molecule has 0 radical (unpaired) electrons. The van der Waals surface area contributed by atoms with Gasteiger partial charge in [0.1, 0.15) is 0 Å². The van der Waals surface area contributed by atoms with Crippen molar-refractivity contribution in [1.82, 2.24) is 0 Å². The van der Waals surface area contributed by atoms with Crippen LogP contribution in [0.25, 0.3) is 0 Å². The Hall–Kier alpha value is -0.130. The number of hydrogen-bond acceptors (Lipinski definition) is 2. The number of carbonyl (C=O) groups excluding carboxylic acids is 1. The molecule has 1 aromatic carbocycles. The van der Waals surface area contributed by atoms with Gasteiger partial charge in [0, 0.05) is 14.2 Å². The number of nitrogens with two attached hydrogens (primary N) is 1. The lowest BCUT2D eigenvalue weighted by Gasteiger charge is -2.01. The van der Waals surface area contributed by atoms with Gasteiger partial charge < -0.3 is 5.73 Å². The van der Waals surface area contributed by atoms with Crippen molar-refractivity contribution in [1.29, 1.82) is 0 Å². The molecule has 0 saturated heterocycles. The van der Waals surface area contributed by atoms with E-state index in [0.29, 0.717) is 10.6 Å². The minimum atomic E-state index is -0.0816. The van der Waals surface area contributed by atoms with E-state index in [9.17, 15) is 4.79 Å². The van der Waals surface area contributed by atoms with Crippen molar-refractivity contribution in [2.75, 3.05) is 6.54 Å². The summed E-state index contributed by atoms with van der Waals surface area (Å²) < 4.78 is 0.882. The van der Waals surface area contributed by atoms with Crippen LogP contribution in [0.15, 0.2) is 18.2 Å². The number of halogens is 2. The first kappa shape index (κ1) is 9.95. The summed E-state index contributed by atoms with van der Waals surface area (Å²) in [7, 11) is 0. The van der Waals surface area contributed by atoms with Gasteiger partial charge in [0.15, 0.2) is 5.78 Å². The molecule has 0 aromatic heterocycles. The Kier molecular flexibility index (Phi) is 3.49. The molecule has 4 heteroatoms. The molecule has 0 fully saturated rings. The maximum absolute atomic E-state index is 11.2. The molecule has 0 aliphatic carbocycles. The summed E-state index contributed by atoms with van der Waals surface area (Å²) in [6, 6.07) is 5.18. The van der Waals surface area contributed by atoms with E-state index in [1.54, 1.807) is 18.2 Å². The summed E-state index contributed by atoms with van der Waals surface area (Å²) in [6.45, 7) is 0.0242. The van der Waals surface area contributed by atoms with Crippen molar-refractivity contribution in [2.45, 2.75) is 0 Å². The number of benzene rings is 1. The molecule has 0 spiro atoms. The quantitative estimate of drug-likeness (QED) is 0.670. The van der Waals surface area contributed by atoms with Crippen LogP contribution < -0.4 is 5.73 Å². The van der Waals surface area contributed by atoms with E-state index >= 15 is 0 Å². The Morgan fingerprint density at radius 2 is 2.25 bits per heavy atom. The van der Waals surface area contributed by atoms with E-state index < -0.39 is 0 Å². The van der Waals surface area contributed by atoms with Crippen molar-refractivity contribution in [3.8, 4) is 0 Å². The highest BCUT2D eigenvalue weighted by Crippen LogP contribution is 2.17. The summed E-state index contributed by atoms with van der Waals surface area (Å²) >= 11 is 7.80. The molecule has 1 rings (SSSR count). The van der Waals surface area contributed by atoms with Gasteiger partial charge in [0.25, 0.3) is 0 Å². The van der Waals surface area contributed by atoms with Crippen LogP contribution in [0.5, 0.6) is 0 Å². The van der Waals surface area contributed by atoms with Crippen molar-refractivity contribution in [2.24, 2.45) is 5.73 Å². The molecule has 0 heterocycles. The van der Waals surface area contributed by atoms with Gasteiger partial charge in [-0.2, -0.15) is 0 Å². The monoisotopic (exact) mass is 295 g/mol. The molecule has 2 nitrogen and oxygen atoms in total. The van der Waals surface area contributed by atoms with E-state index in [4.69, 9.17) is 17.3 Å². The minimum Gasteiger partial charge on any atom is -0.324 e. The van der Waals surface area contributed by atoms with E-state index in [1.807, 2.05) is 0 Å². The molecule has 0 saturated carbocycles. The molecular weight excluding hydrogens is 288 g/mol. The average molecular weight is 296 g/mol. The summed E-state index contributed by atoms with van der Waals surface area (Å²) in [5.41, 5.74) is 5.83. The van der Waals surface area contributed by atoms with Crippen LogP contribution in [-0.4, -0.2) is 12.3 Å². The predicted octanol–water partition coefficient (Wildman–Crippen LogP) is 2.09. The SMILES string of the molecule is NCC(=O)c1cc(Cl)ccc1I. The fraction of sp³-hybridized carbons (Fsp3) is 0.125. The molecule has 0 atom stereocenters. The van der Waals surface area contributed by atoms with E-state index in [1.165, 1.54) is 0 Å². The van der Waals surface area contributed by atoms with Gasteiger partial charge in [0.2, 0.25) is 0 Å². The first-order chi connectivity index (χ1) is 5.65. The van der Waals surface area contributed by atoms with Crippen molar-refractivity contribution in [3.05, 3.63) is 32.4 Å². The minimum absolute atomic E-state index is 0.0242. The van der Waals surface area contributed by atoms with Crippen molar-refractivity contribution < 1.29 is 4.79 Å². The smallest absolute Gasteiger partial charge is 0.177 e. The van der Waals surface area contributed by atoms with Crippen LogP contribution in [0.3, 0.4) is 0 Å². The summed E-state index contributed by atoms with van der Waals surface area (Å²) in [5, 5.41) is 0.562. The number of ketones is 1. The van der Waals surface area contributed by atoms with Crippen LogP contribution in [0.2, 0.25) is 5.02 Å². The highest BCUT2D eigenvalue weighted by Gasteiger charge is 2.07. The fourth-order valence-electron chi connectivity index (χ4n) is 0.821. The summed E-state index contributed by atoms with van der Waals surface area (Å²) in [5.74, 6) is -0.0816. The van der Waals surface area contributed by atoms with Crippen LogP contribution in [0.1, 0.15) is 10.4 Å². The topological polar surface area (TPSA) is 43.1 Å². The highest BCUT2D eigenvalue weighted by atomic mass is 127. The Morgan fingerprint density at radius 1 is 1.58 bits per heavy atom. The average Bonchev–Trinajstić information content (AvgIpc) is 2.08. The normalized spacial score (nSPS) is 9.92. The first-order valence-electron chi connectivity index (χ1n) is 3.33. The molecule has 0 aliphatic heterocycles. The predicted molar refractivity (Wildman–Crippen MR) is 57.6 cm³/mol. The zero-order valence-electron chi connectivity index (χ0n) is 6.18. The first-order valence-corrected chi connectivity index (χ1v) is 4.79. The Morgan fingerprint density at radius 3 is 2.83 bits per heavy atom. The lowest BCUT2D eigenvalue weighted by Crippen LogP contribution is -2.14. The fourth-order valence-corrected chi connectivity index (χ4v) is 1.63. The molecule has 0 amide bonds. The second-order valence-electron chi connectivity index (χ2n) is 2.25. The van der Waals surface area contributed by atoms with Gasteiger partial charge in [-0.1, -0.05) is 11.6 Å². The molecule has 64 valence electrons. The third-order valence-corrected chi connectivity index (χ3v) is 2.59. The lowest BCUT2D eigenvalue weighted by atomic mass is 10.1. The molecular formula is C8H7ClINO. The highest BCUT2D eigenvalue weighted by molar-refractivity contribution is 14.1. The van der Waals surface area contributed by atoms with Crippen LogP contribution in [0.4, 0.5) is 0 Å². The molecule has 2 N–H and O–H groups in total. The Labute approximate surface area is 89.2 Å². The van der Waals surface area contributed by atoms with Gasteiger partial charge in [-0.15, -0.1) is 0 Å². The maximum Gasteiger partial charge on any atom is 0.177 e. The molecule has 0 unspecified atom stereocenters. The maximum atomic E-state index is 11.2. The van der Waals surface area contributed by atoms with Crippen LogP contribution in [0, 0.1) is 3.57 Å². The zero-order valence-corrected chi connectivity index (χ0v) is 9.09. The number of rotatable bonds is 2. The number of carbonyl (C=O) groups is 1. The zero-order chi connectivity index (χ0) is 9.14. The van der Waals surface area contributed by atoms with Gasteiger partial charge in [-0.25, -0.2) is 0 Å². The second-order valence-corrected chi connectivity index (χ2v) is 3.85. The van der Waals surface area contributed by atoms with Gasteiger partial charge >= 0.3 is 0 Å². The summed E-state index contributed by atoms with van der Waals surface area (Å²) in [6.07, 6.45) is 0. The molecule has 12 heavy (non-hydrogen) atoms. The third kappa shape index (κ3) is 2.18. The largest absolute Gasteiger partial charge is 0.324 e. The second kappa shape index (κ2) is 4.20. The van der Waals surface area contributed by atoms with E-state index in [2.05, 4.69) is 22.6 Å². The molecule has 1 aromatic rings. The van der Waals surface area contributed by atoms with E-state index in [-0.39, 0.29) is 12.3 Å². The van der Waals surface area contributed by atoms with Gasteiger partial charge in [-0.05, 0) is 40.8 Å². The van der Waals surface area contributed by atoms with Crippen LogP contribution >= 0.6 is 34.2 Å². The lowest BCUT2D eigenvalue weighted by molar-refractivity contribution is 0.100. The Bertz CT molecular complexity index is 314. The molecule has 0 bridgehead atoms. The molecule has 0 aliphatic rings. The standard InChI is InChI=1S/C8H7ClINO/c9-5-1-2-7(10)6(3-5)8(12)4-11/h1-3H,4,11H2. The Balaban J connectivity index is 3.13. The van der Waals surface area contributed by atoms with Crippen molar-refractivity contribution >= 4 is 40.0 Å². The number of Topliss-reactive ketones (excluding diaryl/α,β-unsaturated/α-hetero) is 1. The third-order valence-electron chi connectivity index (χ3n) is 1.41. The van der Waals surface area contributed by atoms with Crippen molar-refractivity contribution in [3.63, 3.8) is 0 Å². The summed E-state index contributed by atoms with van der Waals surface area (Å²) in [4.78, 5) is 11.2. The van der Waals surface area contributed by atoms with Gasteiger partial charge in [-0.3, -0.25) is 4.79 Å². The number of hydrogen-bond donors (Lipinski definition) is 1. The van der Waals surface area contributed by atoms with Gasteiger partial charge in [0.05, 0.1) is 6.54 Å². The van der Waals surface area contributed by atoms with Crippen LogP contribution in [-0.2, 0) is 0 Å².